The van der Waals surface area contributed by atoms with E-state index >= 15 is 0 Å². The van der Waals surface area contributed by atoms with Crippen LogP contribution in [0, 0.1) is 29.6 Å². The number of fused-ring (bicyclic) bond motifs is 2. The van der Waals surface area contributed by atoms with Gasteiger partial charge in [-0.2, -0.15) is 0 Å². The Morgan fingerprint density at radius 3 is 2.33 bits per heavy atom. The largest absolute Gasteiger partial charge is 0.481 e. The number of carboxylic acid groups (broad SMARTS) is 1. The SMILES string of the molecule is CC1CCC(NC(=O)NC2C3CCC(C3)C2C(=O)O)C1C. The van der Waals surface area contributed by atoms with Crippen LogP contribution < -0.4 is 10.6 Å². The van der Waals surface area contributed by atoms with Crippen LogP contribution in [0.4, 0.5) is 4.79 Å². The van der Waals surface area contributed by atoms with Gasteiger partial charge >= 0.3 is 12.0 Å². The van der Waals surface area contributed by atoms with Gasteiger partial charge in [0.25, 0.3) is 0 Å². The lowest BCUT2D eigenvalue weighted by atomic mass is 9.84. The van der Waals surface area contributed by atoms with Gasteiger partial charge in [-0.1, -0.05) is 13.8 Å². The second-order valence-electron chi connectivity index (χ2n) is 7.36. The van der Waals surface area contributed by atoms with E-state index in [9.17, 15) is 14.7 Å². The smallest absolute Gasteiger partial charge is 0.315 e. The molecule has 0 aromatic heterocycles. The molecule has 0 heterocycles. The van der Waals surface area contributed by atoms with Crippen LogP contribution >= 0.6 is 0 Å². The summed E-state index contributed by atoms with van der Waals surface area (Å²) < 4.78 is 0. The highest BCUT2D eigenvalue weighted by Crippen LogP contribution is 2.48. The molecule has 0 aromatic rings. The molecule has 21 heavy (non-hydrogen) atoms. The fourth-order valence-electron chi connectivity index (χ4n) is 4.78. The monoisotopic (exact) mass is 294 g/mol. The molecular weight excluding hydrogens is 268 g/mol. The number of carbonyl (C=O) groups excluding carboxylic acids is 1. The molecule has 0 saturated heterocycles. The number of carbonyl (C=O) groups is 2. The maximum absolute atomic E-state index is 12.2. The van der Waals surface area contributed by atoms with Crippen molar-refractivity contribution in [2.75, 3.05) is 0 Å². The predicted octanol–water partition coefficient (Wildman–Crippen LogP) is 2.22. The van der Waals surface area contributed by atoms with Crippen molar-refractivity contribution in [3.8, 4) is 0 Å². The minimum Gasteiger partial charge on any atom is -0.481 e. The summed E-state index contributed by atoms with van der Waals surface area (Å²) in [5, 5.41) is 15.4. The molecule has 7 unspecified atom stereocenters. The van der Waals surface area contributed by atoms with E-state index in [-0.39, 0.29) is 24.0 Å². The number of hydrogen-bond acceptors (Lipinski definition) is 2. The average molecular weight is 294 g/mol. The number of amides is 2. The van der Waals surface area contributed by atoms with Crippen molar-refractivity contribution in [2.45, 2.75) is 58.0 Å². The summed E-state index contributed by atoms with van der Waals surface area (Å²) in [6, 6.07) is -0.137. The van der Waals surface area contributed by atoms with Crippen LogP contribution in [-0.4, -0.2) is 29.2 Å². The summed E-state index contributed by atoms with van der Waals surface area (Å²) in [6.07, 6.45) is 5.18. The summed E-state index contributed by atoms with van der Waals surface area (Å²) >= 11 is 0. The van der Waals surface area contributed by atoms with Gasteiger partial charge in [0, 0.05) is 12.1 Å². The first-order chi connectivity index (χ1) is 9.97. The van der Waals surface area contributed by atoms with Gasteiger partial charge in [0.15, 0.2) is 0 Å². The Labute approximate surface area is 125 Å². The minimum atomic E-state index is -0.754. The van der Waals surface area contributed by atoms with Crippen LogP contribution in [0.5, 0.6) is 0 Å². The highest BCUT2D eigenvalue weighted by molar-refractivity contribution is 5.77. The first-order valence-electron chi connectivity index (χ1n) is 8.27. The Hall–Kier alpha value is -1.26. The second kappa shape index (κ2) is 5.50. The van der Waals surface area contributed by atoms with Crippen molar-refractivity contribution in [1.29, 1.82) is 0 Å². The molecule has 3 rings (SSSR count). The van der Waals surface area contributed by atoms with Gasteiger partial charge < -0.3 is 15.7 Å². The van der Waals surface area contributed by atoms with Gasteiger partial charge in [-0.15, -0.1) is 0 Å². The number of carboxylic acids is 1. The van der Waals surface area contributed by atoms with Crippen molar-refractivity contribution in [3.63, 3.8) is 0 Å². The van der Waals surface area contributed by atoms with Crippen molar-refractivity contribution in [3.05, 3.63) is 0 Å². The van der Waals surface area contributed by atoms with E-state index in [1.165, 1.54) is 0 Å². The van der Waals surface area contributed by atoms with E-state index in [0.29, 0.717) is 17.8 Å². The third-order valence-electron chi connectivity index (χ3n) is 6.28. The van der Waals surface area contributed by atoms with Crippen LogP contribution in [0.1, 0.15) is 46.0 Å². The number of urea groups is 1. The van der Waals surface area contributed by atoms with Crippen molar-refractivity contribution in [2.24, 2.45) is 29.6 Å². The third kappa shape index (κ3) is 2.62. The Kier molecular flexibility index (Phi) is 3.84. The number of rotatable bonds is 3. The normalized spacial score (nSPS) is 44.8. The highest BCUT2D eigenvalue weighted by atomic mass is 16.4. The summed E-state index contributed by atoms with van der Waals surface area (Å²) in [4.78, 5) is 23.7. The van der Waals surface area contributed by atoms with E-state index in [4.69, 9.17) is 0 Å². The molecule has 0 aromatic carbocycles. The molecule has 3 N–H and O–H groups in total. The van der Waals surface area contributed by atoms with E-state index in [0.717, 1.165) is 32.1 Å². The van der Waals surface area contributed by atoms with Gasteiger partial charge in [-0.05, 0) is 55.8 Å². The van der Waals surface area contributed by atoms with Crippen molar-refractivity contribution in [1.82, 2.24) is 10.6 Å². The standard InChI is InChI=1S/C16H26N2O3/c1-8-3-6-12(9(8)2)17-16(21)18-14-11-5-4-10(7-11)13(14)15(19)20/h8-14H,3-7H2,1-2H3,(H,19,20)(H2,17,18,21). The zero-order valence-corrected chi connectivity index (χ0v) is 12.8. The van der Waals surface area contributed by atoms with Crippen LogP contribution in [0.3, 0.4) is 0 Å². The molecule has 2 bridgehead atoms. The number of aliphatic carboxylic acids is 1. The van der Waals surface area contributed by atoms with E-state index in [1.54, 1.807) is 0 Å². The Balaban J connectivity index is 1.58. The van der Waals surface area contributed by atoms with Gasteiger partial charge in [0.05, 0.1) is 5.92 Å². The lowest BCUT2D eigenvalue weighted by molar-refractivity contribution is -0.144. The van der Waals surface area contributed by atoms with Crippen LogP contribution in [-0.2, 0) is 4.79 Å². The molecule has 3 saturated carbocycles. The van der Waals surface area contributed by atoms with Crippen LogP contribution in [0.2, 0.25) is 0 Å². The van der Waals surface area contributed by atoms with Crippen LogP contribution in [0.15, 0.2) is 0 Å². The summed E-state index contributed by atoms with van der Waals surface area (Å²) in [5.74, 6) is 0.588. The summed E-state index contributed by atoms with van der Waals surface area (Å²) in [5.41, 5.74) is 0. The lowest BCUT2D eigenvalue weighted by Crippen LogP contribution is -2.52. The summed E-state index contributed by atoms with van der Waals surface area (Å²) in [6.45, 7) is 4.40. The van der Waals surface area contributed by atoms with E-state index in [2.05, 4.69) is 24.5 Å². The van der Waals surface area contributed by atoms with E-state index in [1.807, 2.05) is 0 Å². The van der Waals surface area contributed by atoms with Crippen LogP contribution in [0.25, 0.3) is 0 Å². The molecule has 0 aliphatic heterocycles. The first kappa shape index (κ1) is 14.7. The maximum atomic E-state index is 12.2. The predicted molar refractivity (Wildman–Crippen MR) is 78.8 cm³/mol. The fourth-order valence-corrected chi connectivity index (χ4v) is 4.78. The third-order valence-corrected chi connectivity index (χ3v) is 6.28. The number of hydrogen-bond donors (Lipinski definition) is 3. The average Bonchev–Trinajstić information content (AvgIpc) is 3.09. The van der Waals surface area contributed by atoms with Gasteiger partial charge in [0.1, 0.15) is 0 Å². The molecule has 5 nitrogen and oxygen atoms in total. The van der Waals surface area contributed by atoms with Crippen molar-refractivity contribution < 1.29 is 14.7 Å². The topological polar surface area (TPSA) is 78.4 Å². The highest BCUT2D eigenvalue weighted by Gasteiger charge is 2.51. The quantitative estimate of drug-likeness (QED) is 0.747. The Morgan fingerprint density at radius 1 is 1.00 bits per heavy atom. The molecule has 7 atom stereocenters. The van der Waals surface area contributed by atoms with Crippen molar-refractivity contribution >= 4 is 12.0 Å². The second-order valence-corrected chi connectivity index (χ2v) is 7.36. The molecule has 118 valence electrons. The fraction of sp³-hybridized carbons (Fsp3) is 0.875. The zero-order chi connectivity index (χ0) is 15.1. The molecule has 0 spiro atoms. The van der Waals surface area contributed by atoms with E-state index < -0.39 is 11.9 Å². The lowest BCUT2D eigenvalue weighted by Gasteiger charge is -2.30. The molecule has 0 radical (unpaired) electrons. The molecular formula is C16H26N2O3. The van der Waals surface area contributed by atoms with Gasteiger partial charge in [0.2, 0.25) is 0 Å². The zero-order valence-electron chi connectivity index (χ0n) is 12.8. The molecule has 5 heteroatoms. The van der Waals surface area contributed by atoms with Gasteiger partial charge in [-0.25, -0.2) is 4.79 Å². The maximum Gasteiger partial charge on any atom is 0.315 e. The van der Waals surface area contributed by atoms with Gasteiger partial charge in [-0.3, -0.25) is 4.79 Å². The molecule has 3 aliphatic rings. The Morgan fingerprint density at radius 2 is 1.71 bits per heavy atom. The number of nitrogens with one attached hydrogen (secondary N) is 2. The molecule has 3 aliphatic carbocycles. The molecule has 2 amide bonds. The minimum absolute atomic E-state index is 0.176. The Bertz CT molecular complexity index is 439. The summed E-state index contributed by atoms with van der Waals surface area (Å²) in [7, 11) is 0. The molecule has 3 fully saturated rings. The first-order valence-corrected chi connectivity index (χ1v) is 8.27.